The zero-order valence-electron chi connectivity index (χ0n) is 6.93. The van der Waals surface area contributed by atoms with Crippen LogP contribution in [0.2, 0.25) is 0 Å². The molecule has 0 radical (unpaired) electrons. The third-order valence-corrected chi connectivity index (χ3v) is 4.97. The van der Waals surface area contributed by atoms with E-state index in [1.165, 1.54) is 11.8 Å². The van der Waals surface area contributed by atoms with Gasteiger partial charge in [0, 0.05) is 0 Å². The van der Waals surface area contributed by atoms with E-state index in [-0.39, 0.29) is 0 Å². The maximum Gasteiger partial charge on any atom is -0.0189 e. The molecule has 1 spiro atoms. The van der Waals surface area contributed by atoms with Crippen LogP contribution in [0, 0.1) is 29.1 Å². The average Bonchev–Trinajstić information content (AvgIpc) is 1.82. The lowest BCUT2D eigenvalue weighted by molar-refractivity contribution is -0.295. The summed E-state index contributed by atoms with van der Waals surface area (Å²) in [5, 5.41) is 0. The largest absolute Gasteiger partial charge is 0.0619 e. The Morgan fingerprint density at radius 3 is 1.60 bits per heavy atom. The lowest BCUT2D eigenvalue weighted by Crippen LogP contribution is -2.71. The van der Waals surface area contributed by atoms with Gasteiger partial charge < -0.3 is 0 Å². The van der Waals surface area contributed by atoms with E-state index in [0.29, 0.717) is 0 Å². The highest BCUT2D eigenvalue weighted by atomic mass is 14.8. The summed E-state index contributed by atoms with van der Waals surface area (Å²) in [5.74, 6) is 4.52. The minimum Gasteiger partial charge on any atom is -0.0619 e. The van der Waals surface area contributed by atoms with E-state index in [2.05, 4.69) is 13.8 Å². The van der Waals surface area contributed by atoms with Gasteiger partial charge in [-0.05, 0) is 48.3 Å². The molecule has 0 heteroatoms. The average molecular weight is 136 g/mol. The van der Waals surface area contributed by atoms with Crippen molar-refractivity contribution < 1.29 is 0 Å². The molecule has 0 saturated heterocycles. The number of hydrogen-bond acceptors (Lipinski definition) is 0. The van der Waals surface area contributed by atoms with Gasteiger partial charge in [-0.3, -0.25) is 0 Å². The third-order valence-electron chi connectivity index (χ3n) is 4.97. The SMILES string of the molecule is C[C@@H]1CC2CC3C[C@H](C)C231. The molecule has 3 aliphatic carbocycles. The van der Waals surface area contributed by atoms with Crippen molar-refractivity contribution in [2.45, 2.75) is 33.1 Å². The zero-order chi connectivity index (χ0) is 6.93. The first kappa shape index (κ1) is 5.62. The molecule has 3 unspecified atom stereocenters. The standard InChI is InChI=1S/C10H16/c1-6-3-8-5-9-4-7(2)10(6,8)9/h6-9H,3-5H2,1-2H3/t6-,7+,8?,9?,10?. The van der Waals surface area contributed by atoms with Crippen molar-refractivity contribution in [2.75, 3.05) is 0 Å². The highest BCUT2D eigenvalue weighted by Gasteiger charge is 2.72. The molecule has 0 heterocycles. The van der Waals surface area contributed by atoms with E-state index in [0.717, 1.165) is 17.3 Å². The second kappa shape index (κ2) is 1.31. The Kier molecular flexibility index (Phi) is 0.735. The Morgan fingerprint density at radius 1 is 0.900 bits per heavy atom. The minimum absolute atomic E-state index is 0.917. The van der Waals surface area contributed by atoms with Gasteiger partial charge in [-0.2, -0.15) is 0 Å². The first-order valence-electron chi connectivity index (χ1n) is 4.76. The zero-order valence-corrected chi connectivity index (χ0v) is 6.93. The van der Waals surface area contributed by atoms with E-state index >= 15 is 0 Å². The van der Waals surface area contributed by atoms with Crippen LogP contribution in [0.25, 0.3) is 0 Å². The topological polar surface area (TPSA) is 0 Å². The molecule has 0 amide bonds. The summed E-state index contributed by atoms with van der Waals surface area (Å²) in [7, 11) is 0. The van der Waals surface area contributed by atoms with Crippen LogP contribution in [0.5, 0.6) is 0 Å². The normalized spacial score (nSPS) is 70.2. The van der Waals surface area contributed by atoms with Crippen LogP contribution in [0.4, 0.5) is 0 Å². The molecular formula is C10H16. The van der Waals surface area contributed by atoms with Gasteiger partial charge >= 0.3 is 0 Å². The fourth-order valence-electron chi connectivity index (χ4n) is 4.56. The van der Waals surface area contributed by atoms with Crippen molar-refractivity contribution in [1.29, 1.82) is 0 Å². The summed E-state index contributed by atoms with van der Waals surface area (Å²) in [6, 6.07) is 0. The van der Waals surface area contributed by atoms with Crippen LogP contribution < -0.4 is 0 Å². The van der Waals surface area contributed by atoms with Gasteiger partial charge in [0.2, 0.25) is 0 Å². The van der Waals surface area contributed by atoms with Crippen LogP contribution >= 0.6 is 0 Å². The van der Waals surface area contributed by atoms with E-state index < -0.39 is 0 Å². The molecule has 3 aliphatic rings. The van der Waals surface area contributed by atoms with Gasteiger partial charge in [0.1, 0.15) is 0 Å². The maximum absolute atomic E-state index is 2.47. The molecular weight excluding hydrogens is 120 g/mol. The van der Waals surface area contributed by atoms with E-state index in [9.17, 15) is 0 Å². The maximum atomic E-state index is 2.47. The molecule has 3 saturated carbocycles. The van der Waals surface area contributed by atoms with Crippen LogP contribution in [0.3, 0.4) is 0 Å². The Balaban J connectivity index is 1.94. The highest BCUT2D eigenvalue weighted by Crippen LogP contribution is 2.79. The molecule has 3 fully saturated rings. The molecule has 0 nitrogen and oxygen atoms in total. The van der Waals surface area contributed by atoms with Crippen LogP contribution in [0.15, 0.2) is 0 Å². The van der Waals surface area contributed by atoms with Gasteiger partial charge in [0.05, 0.1) is 0 Å². The lowest BCUT2D eigenvalue weighted by atomic mass is 9.27. The van der Waals surface area contributed by atoms with E-state index in [4.69, 9.17) is 0 Å². The summed E-state index contributed by atoms with van der Waals surface area (Å²) < 4.78 is 0. The molecule has 0 aromatic heterocycles. The van der Waals surface area contributed by atoms with Crippen molar-refractivity contribution in [3.63, 3.8) is 0 Å². The van der Waals surface area contributed by atoms with Crippen molar-refractivity contribution in [3.8, 4) is 0 Å². The van der Waals surface area contributed by atoms with E-state index in [1.807, 2.05) is 0 Å². The summed E-state index contributed by atoms with van der Waals surface area (Å²) in [6.45, 7) is 4.94. The van der Waals surface area contributed by atoms with Crippen molar-refractivity contribution in [1.82, 2.24) is 0 Å². The van der Waals surface area contributed by atoms with Crippen molar-refractivity contribution in [3.05, 3.63) is 0 Å². The van der Waals surface area contributed by atoms with Gasteiger partial charge in [-0.1, -0.05) is 13.8 Å². The second-order valence-electron chi connectivity index (χ2n) is 4.90. The molecule has 0 bridgehead atoms. The van der Waals surface area contributed by atoms with Gasteiger partial charge in [0.15, 0.2) is 0 Å². The summed E-state index contributed by atoms with van der Waals surface area (Å²) in [4.78, 5) is 0. The Bertz CT molecular complexity index is 143. The molecule has 0 aliphatic heterocycles. The highest BCUT2D eigenvalue weighted by molar-refractivity contribution is 5.20. The predicted octanol–water partition coefficient (Wildman–Crippen LogP) is 2.69. The van der Waals surface area contributed by atoms with Crippen LogP contribution in [-0.2, 0) is 0 Å². The third kappa shape index (κ3) is 0.302. The molecule has 3 rings (SSSR count). The van der Waals surface area contributed by atoms with E-state index in [1.54, 1.807) is 19.3 Å². The number of hydrogen-bond donors (Lipinski definition) is 0. The Morgan fingerprint density at radius 2 is 1.40 bits per heavy atom. The molecule has 5 atom stereocenters. The summed E-state index contributed by atoms with van der Waals surface area (Å²) in [5.41, 5.74) is 0.917. The minimum atomic E-state index is 0.917. The Hall–Kier alpha value is 0. The number of rotatable bonds is 0. The molecule has 0 N–H and O–H groups in total. The monoisotopic (exact) mass is 136 g/mol. The lowest BCUT2D eigenvalue weighted by Gasteiger charge is -2.78. The molecule has 56 valence electrons. The molecule has 0 aromatic rings. The predicted molar refractivity (Wildman–Crippen MR) is 41.6 cm³/mol. The van der Waals surface area contributed by atoms with Gasteiger partial charge in [0.25, 0.3) is 0 Å². The Labute approximate surface area is 63.0 Å². The summed E-state index contributed by atoms with van der Waals surface area (Å²) in [6.07, 6.45) is 4.70. The van der Waals surface area contributed by atoms with Crippen molar-refractivity contribution in [2.24, 2.45) is 29.1 Å². The van der Waals surface area contributed by atoms with Gasteiger partial charge in [-0.15, -0.1) is 0 Å². The van der Waals surface area contributed by atoms with Crippen LogP contribution in [0.1, 0.15) is 33.1 Å². The fourth-order valence-corrected chi connectivity index (χ4v) is 4.56. The van der Waals surface area contributed by atoms with Gasteiger partial charge in [-0.25, -0.2) is 0 Å². The van der Waals surface area contributed by atoms with Crippen LogP contribution in [-0.4, -0.2) is 0 Å². The smallest absolute Gasteiger partial charge is 0.0189 e. The van der Waals surface area contributed by atoms with Crippen molar-refractivity contribution >= 4 is 0 Å². The second-order valence-corrected chi connectivity index (χ2v) is 4.90. The summed E-state index contributed by atoms with van der Waals surface area (Å²) >= 11 is 0. The first-order valence-corrected chi connectivity index (χ1v) is 4.76. The first-order chi connectivity index (χ1) is 4.76. The quantitative estimate of drug-likeness (QED) is 0.480. The molecule has 10 heavy (non-hydrogen) atoms. The fraction of sp³-hybridized carbons (Fsp3) is 1.00. The molecule has 0 aromatic carbocycles.